The summed E-state index contributed by atoms with van der Waals surface area (Å²) >= 11 is 2.92. The molecule has 2 N–H and O–H groups in total. The summed E-state index contributed by atoms with van der Waals surface area (Å²) in [5, 5.41) is 11.9. The molecule has 0 spiro atoms. The SMILES string of the molecule is OCC(F)(F)[C@H](c1c(F)cc(Br)cc1F)N1CCNCC1. The standard InChI is InChI=1S/C13H15BrF4N2O/c14-8-5-9(15)11(10(16)6-8)12(13(17,18)7-21)20-3-1-19-2-4-20/h5-6,12,19,21H,1-4,7H2/t12-/m0/s1. The van der Waals surface area contributed by atoms with E-state index in [1.54, 1.807) is 0 Å². The lowest BCUT2D eigenvalue weighted by Crippen LogP contribution is -2.51. The topological polar surface area (TPSA) is 35.5 Å². The zero-order chi connectivity index (χ0) is 15.6. The van der Waals surface area contributed by atoms with Gasteiger partial charge >= 0.3 is 0 Å². The molecule has 1 aliphatic rings. The number of hydrogen-bond acceptors (Lipinski definition) is 3. The van der Waals surface area contributed by atoms with Crippen LogP contribution in [0.25, 0.3) is 0 Å². The van der Waals surface area contributed by atoms with Crippen molar-refractivity contribution in [2.24, 2.45) is 0 Å². The molecule has 1 saturated heterocycles. The number of aliphatic hydroxyl groups excluding tert-OH is 1. The summed E-state index contributed by atoms with van der Waals surface area (Å²) in [6.45, 7) is -0.156. The highest BCUT2D eigenvalue weighted by atomic mass is 79.9. The van der Waals surface area contributed by atoms with Crippen molar-refractivity contribution in [2.75, 3.05) is 32.8 Å². The van der Waals surface area contributed by atoms with Gasteiger partial charge in [-0.15, -0.1) is 0 Å². The van der Waals surface area contributed by atoms with E-state index < -0.39 is 35.8 Å². The quantitative estimate of drug-likeness (QED) is 0.798. The van der Waals surface area contributed by atoms with Crippen LogP contribution in [0.5, 0.6) is 0 Å². The van der Waals surface area contributed by atoms with Crippen LogP contribution in [0.15, 0.2) is 16.6 Å². The van der Waals surface area contributed by atoms with Crippen molar-refractivity contribution in [1.82, 2.24) is 10.2 Å². The van der Waals surface area contributed by atoms with Gasteiger partial charge < -0.3 is 10.4 Å². The molecule has 118 valence electrons. The van der Waals surface area contributed by atoms with Crippen molar-refractivity contribution in [1.29, 1.82) is 0 Å². The Morgan fingerprint density at radius 2 is 1.76 bits per heavy atom. The molecule has 1 heterocycles. The monoisotopic (exact) mass is 370 g/mol. The molecule has 8 heteroatoms. The van der Waals surface area contributed by atoms with Gasteiger partial charge in [0.15, 0.2) is 0 Å². The van der Waals surface area contributed by atoms with Crippen molar-refractivity contribution >= 4 is 15.9 Å². The predicted octanol–water partition coefficient (Wildman–Crippen LogP) is 2.30. The number of aliphatic hydroxyl groups is 1. The van der Waals surface area contributed by atoms with Gasteiger partial charge in [-0.25, -0.2) is 17.6 Å². The number of nitrogens with zero attached hydrogens (tertiary/aromatic N) is 1. The van der Waals surface area contributed by atoms with Crippen molar-refractivity contribution < 1.29 is 22.7 Å². The largest absolute Gasteiger partial charge is 0.390 e. The predicted molar refractivity (Wildman–Crippen MR) is 73.3 cm³/mol. The summed E-state index contributed by atoms with van der Waals surface area (Å²) in [7, 11) is 0. The molecule has 0 bridgehead atoms. The van der Waals surface area contributed by atoms with E-state index in [-0.39, 0.29) is 17.6 Å². The first kappa shape index (κ1) is 16.7. The molecule has 21 heavy (non-hydrogen) atoms. The fraction of sp³-hybridized carbons (Fsp3) is 0.538. The van der Waals surface area contributed by atoms with E-state index in [1.165, 1.54) is 4.90 Å². The first-order valence-electron chi connectivity index (χ1n) is 6.44. The number of alkyl halides is 2. The summed E-state index contributed by atoms with van der Waals surface area (Å²) in [6.07, 6.45) is 0. The van der Waals surface area contributed by atoms with E-state index in [0.29, 0.717) is 13.1 Å². The van der Waals surface area contributed by atoms with E-state index >= 15 is 0 Å². The molecule has 2 rings (SSSR count). The minimum atomic E-state index is -3.65. The van der Waals surface area contributed by atoms with Crippen LogP contribution in [0.3, 0.4) is 0 Å². The molecular formula is C13H15BrF4N2O. The lowest BCUT2D eigenvalue weighted by molar-refractivity contribution is -0.120. The van der Waals surface area contributed by atoms with Gasteiger partial charge in [0.1, 0.15) is 24.3 Å². The van der Waals surface area contributed by atoms with Crippen LogP contribution in [0.2, 0.25) is 0 Å². The molecule has 1 atom stereocenters. The molecule has 1 fully saturated rings. The molecular weight excluding hydrogens is 356 g/mol. The van der Waals surface area contributed by atoms with Gasteiger partial charge in [0, 0.05) is 36.2 Å². The Hall–Kier alpha value is -0.700. The number of rotatable bonds is 4. The number of benzene rings is 1. The van der Waals surface area contributed by atoms with Gasteiger partial charge in [0.05, 0.1) is 0 Å². The number of nitrogens with one attached hydrogen (secondary N) is 1. The maximum atomic E-state index is 14.1. The third-order valence-electron chi connectivity index (χ3n) is 3.44. The van der Waals surface area contributed by atoms with Crippen molar-refractivity contribution in [3.8, 4) is 0 Å². The van der Waals surface area contributed by atoms with Crippen LogP contribution in [0.4, 0.5) is 17.6 Å². The molecule has 0 saturated carbocycles. The molecule has 0 aliphatic carbocycles. The Morgan fingerprint density at radius 3 is 2.24 bits per heavy atom. The molecule has 1 aliphatic heterocycles. The molecule has 1 aromatic rings. The summed E-state index contributed by atoms with van der Waals surface area (Å²) in [5.74, 6) is -5.76. The molecule has 0 unspecified atom stereocenters. The third kappa shape index (κ3) is 3.56. The average Bonchev–Trinajstić information content (AvgIpc) is 2.43. The maximum absolute atomic E-state index is 14.1. The van der Waals surface area contributed by atoms with Crippen LogP contribution in [-0.4, -0.2) is 48.7 Å². The highest BCUT2D eigenvalue weighted by molar-refractivity contribution is 9.10. The van der Waals surface area contributed by atoms with Gasteiger partial charge in [0.2, 0.25) is 0 Å². The fourth-order valence-corrected chi connectivity index (χ4v) is 2.90. The Labute approximate surface area is 128 Å². The van der Waals surface area contributed by atoms with Crippen LogP contribution in [-0.2, 0) is 0 Å². The number of hydrogen-bond donors (Lipinski definition) is 2. The van der Waals surface area contributed by atoms with E-state index in [4.69, 9.17) is 5.11 Å². The van der Waals surface area contributed by atoms with Gasteiger partial charge in [-0.3, -0.25) is 4.90 Å². The van der Waals surface area contributed by atoms with Crippen molar-refractivity contribution in [3.63, 3.8) is 0 Å². The molecule has 0 radical (unpaired) electrons. The normalized spacial score (nSPS) is 18.8. The highest BCUT2D eigenvalue weighted by Crippen LogP contribution is 2.39. The van der Waals surface area contributed by atoms with Crippen LogP contribution in [0, 0.1) is 11.6 Å². The Balaban J connectivity index is 2.49. The number of halogens is 5. The lowest BCUT2D eigenvalue weighted by atomic mass is 9.97. The maximum Gasteiger partial charge on any atom is 0.290 e. The second-order valence-electron chi connectivity index (χ2n) is 4.89. The molecule has 3 nitrogen and oxygen atoms in total. The fourth-order valence-electron chi connectivity index (χ4n) is 2.50. The summed E-state index contributed by atoms with van der Waals surface area (Å²) in [4.78, 5) is 1.29. The summed E-state index contributed by atoms with van der Waals surface area (Å²) < 4.78 is 56.4. The molecule has 1 aromatic carbocycles. The van der Waals surface area contributed by atoms with E-state index in [1.807, 2.05) is 0 Å². The Morgan fingerprint density at radius 1 is 1.24 bits per heavy atom. The smallest absolute Gasteiger partial charge is 0.290 e. The summed E-state index contributed by atoms with van der Waals surface area (Å²) in [5.41, 5.74) is -0.709. The molecule has 0 amide bonds. The van der Waals surface area contributed by atoms with E-state index in [2.05, 4.69) is 21.2 Å². The van der Waals surface area contributed by atoms with Crippen molar-refractivity contribution in [2.45, 2.75) is 12.0 Å². The minimum Gasteiger partial charge on any atom is -0.390 e. The van der Waals surface area contributed by atoms with Gasteiger partial charge in [0.25, 0.3) is 5.92 Å². The van der Waals surface area contributed by atoms with Crippen LogP contribution in [0.1, 0.15) is 11.6 Å². The minimum absolute atomic E-state index is 0.132. The first-order chi connectivity index (χ1) is 9.86. The Kier molecular flexibility index (Phi) is 5.24. The van der Waals surface area contributed by atoms with Crippen LogP contribution >= 0.6 is 15.9 Å². The van der Waals surface area contributed by atoms with Gasteiger partial charge in [-0.05, 0) is 12.1 Å². The second-order valence-corrected chi connectivity index (χ2v) is 5.81. The number of piperazine rings is 1. The second kappa shape index (κ2) is 6.60. The van der Waals surface area contributed by atoms with E-state index in [0.717, 1.165) is 12.1 Å². The Bertz CT molecular complexity index is 486. The zero-order valence-corrected chi connectivity index (χ0v) is 12.6. The lowest BCUT2D eigenvalue weighted by Gasteiger charge is -2.38. The van der Waals surface area contributed by atoms with Crippen LogP contribution < -0.4 is 5.32 Å². The van der Waals surface area contributed by atoms with Gasteiger partial charge in [-0.2, -0.15) is 0 Å². The van der Waals surface area contributed by atoms with Crippen molar-refractivity contribution in [3.05, 3.63) is 33.8 Å². The summed E-state index contributed by atoms with van der Waals surface area (Å²) in [6, 6.07) is 0.0555. The highest BCUT2D eigenvalue weighted by Gasteiger charge is 2.46. The van der Waals surface area contributed by atoms with Gasteiger partial charge in [-0.1, -0.05) is 15.9 Å². The zero-order valence-electron chi connectivity index (χ0n) is 11.1. The third-order valence-corrected chi connectivity index (χ3v) is 3.90. The first-order valence-corrected chi connectivity index (χ1v) is 7.24. The average molecular weight is 371 g/mol. The van der Waals surface area contributed by atoms with E-state index in [9.17, 15) is 17.6 Å². The molecule has 0 aromatic heterocycles.